The van der Waals surface area contributed by atoms with E-state index in [1.807, 2.05) is 6.92 Å². The molecule has 2 N–H and O–H groups in total. The summed E-state index contributed by atoms with van der Waals surface area (Å²) < 4.78 is 0. The third-order valence-electron chi connectivity index (χ3n) is 4.85. The highest BCUT2D eigenvalue weighted by atomic mass is 16.2. The summed E-state index contributed by atoms with van der Waals surface area (Å²) in [6, 6.07) is 0.252. The van der Waals surface area contributed by atoms with Crippen LogP contribution in [0.5, 0.6) is 0 Å². The Morgan fingerprint density at radius 2 is 1.84 bits per heavy atom. The first-order valence-corrected chi connectivity index (χ1v) is 7.92. The van der Waals surface area contributed by atoms with Crippen LogP contribution in [0.4, 0.5) is 0 Å². The lowest BCUT2D eigenvalue weighted by Crippen LogP contribution is -2.44. The van der Waals surface area contributed by atoms with E-state index >= 15 is 0 Å². The third-order valence-corrected chi connectivity index (χ3v) is 4.85. The van der Waals surface area contributed by atoms with Gasteiger partial charge < -0.3 is 10.6 Å². The Kier molecular flexibility index (Phi) is 6.31. The number of likely N-dealkylation sites (tertiary alicyclic amines) is 1. The maximum Gasteiger partial charge on any atom is 0.225 e. The molecule has 0 aromatic carbocycles. The number of carbonyl (C=O) groups excluding carboxylic acids is 1. The van der Waals surface area contributed by atoms with Crippen LogP contribution in [0.15, 0.2) is 0 Å². The van der Waals surface area contributed by atoms with Crippen LogP contribution in [-0.2, 0) is 4.79 Å². The van der Waals surface area contributed by atoms with Gasteiger partial charge in [0.15, 0.2) is 0 Å². The quantitative estimate of drug-likeness (QED) is 0.804. The van der Waals surface area contributed by atoms with Gasteiger partial charge in [-0.3, -0.25) is 4.79 Å². The van der Waals surface area contributed by atoms with Gasteiger partial charge in [-0.25, -0.2) is 0 Å². The summed E-state index contributed by atoms with van der Waals surface area (Å²) in [7, 11) is 0. The van der Waals surface area contributed by atoms with Crippen LogP contribution in [0.3, 0.4) is 0 Å². The van der Waals surface area contributed by atoms with Crippen molar-refractivity contribution in [1.82, 2.24) is 4.90 Å². The molecule has 1 amide bonds. The molecular weight excluding hydrogens is 236 g/mol. The summed E-state index contributed by atoms with van der Waals surface area (Å²) in [6.07, 6.45) is 6.58. The summed E-state index contributed by atoms with van der Waals surface area (Å²) >= 11 is 0. The Bertz CT molecular complexity index is 280. The molecule has 0 saturated carbocycles. The molecule has 1 aliphatic heterocycles. The number of nitrogens with two attached hydrogens (primary N) is 1. The minimum atomic E-state index is 0.157. The summed E-state index contributed by atoms with van der Waals surface area (Å²) in [5.41, 5.74) is 6.20. The van der Waals surface area contributed by atoms with E-state index in [2.05, 4.69) is 25.7 Å². The normalized spacial score (nSPS) is 22.1. The Labute approximate surface area is 118 Å². The second-order valence-corrected chi connectivity index (χ2v) is 6.80. The van der Waals surface area contributed by atoms with Gasteiger partial charge in [-0.2, -0.15) is 0 Å². The SMILES string of the molecule is CCC1(C)CCN(C(=O)C(C)CCCC(C)N)CC1. The van der Waals surface area contributed by atoms with E-state index in [0.717, 1.165) is 45.2 Å². The number of hydrogen-bond acceptors (Lipinski definition) is 2. The monoisotopic (exact) mass is 268 g/mol. The van der Waals surface area contributed by atoms with Crippen LogP contribution in [0.2, 0.25) is 0 Å². The van der Waals surface area contributed by atoms with Gasteiger partial charge in [-0.05, 0) is 38.0 Å². The van der Waals surface area contributed by atoms with Gasteiger partial charge in [0, 0.05) is 25.0 Å². The molecule has 0 radical (unpaired) electrons. The molecular formula is C16H32N2O. The number of rotatable bonds is 6. The summed E-state index contributed by atoms with van der Waals surface area (Å²) in [5, 5.41) is 0. The van der Waals surface area contributed by atoms with Crippen molar-refractivity contribution in [2.24, 2.45) is 17.1 Å². The standard InChI is InChI=1S/C16H32N2O/c1-5-16(4)9-11-18(12-10-16)15(19)13(2)7-6-8-14(3)17/h13-14H,5-12,17H2,1-4H3. The van der Waals surface area contributed by atoms with Crippen molar-refractivity contribution in [3.05, 3.63) is 0 Å². The first-order valence-electron chi connectivity index (χ1n) is 7.92. The van der Waals surface area contributed by atoms with E-state index in [1.54, 1.807) is 0 Å². The molecule has 0 aromatic rings. The first-order chi connectivity index (χ1) is 8.88. The van der Waals surface area contributed by atoms with Crippen molar-refractivity contribution < 1.29 is 4.79 Å². The molecule has 3 nitrogen and oxygen atoms in total. The highest BCUT2D eigenvalue weighted by Gasteiger charge is 2.31. The minimum Gasteiger partial charge on any atom is -0.342 e. The molecule has 3 heteroatoms. The zero-order valence-corrected chi connectivity index (χ0v) is 13.2. The van der Waals surface area contributed by atoms with Crippen LogP contribution in [-0.4, -0.2) is 29.9 Å². The van der Waals surface area contributed by atoms with E-state index in [4.69, 9.17) is 5.73 Å². The van der Waals surface area contributed by atoms with Gasteiger partial charge in [0.2, 0.25) is 5.91 Å². The van der Waals surface area contributed by atoms with Crippen molar-refractivity contribution in [2.75, 3.05) is 13.1 Å². The molecule has 0 bridgehead atoms. The first kappa shape index (κ1) is 16.5. The van der Waals surface area contributed by atoms with E-state index in [9.17, 15) is 4.79 Å². The lowest BCUT2D eigenvalue weighted by molar-refractivity contribution is -0.137. The minimum absolute atomic E-state index is 0.157. The highest BCUT2D eigenvalue weighted by Crippen LogP contribution is 2.34. The number of nitrogens with zero attached hydrogens (tertiary/aromatic N) is 1. The average molecular weight is 268 g/mol. The Morgan fingerprint density at radius 1 is 1.26 bits per heavy atom. The molecule has 1 heterocycles. The lowest BCUT2D eigenvalue weighted by Gasteiger charge is -2.39. The van der Waals surface area contributed by atoms with Crippen molar-refractivity contribution >= 4 is 5.91 Å². The molecule has 0 spiro atoms. The zero-order chi connectivity index (χ0) is 14.5. The van der Waals surface area contributed by atoms with Gasteiger partial charge in [0.25, 0.3) is 0 Å². The van der Waals surface area contributed by atoms with Crippen LogP contribution in [0, 0.1) is 11.3 Å². The Balaban J connectivity index is 2.34. The largest absolute Gasteiger partial charge is 0.342 e. The van der Waals surface area contributed by atoms with Crippen molar-refractivity contribution in [2.45, 2.75) is 72.3 Å². The van der Waals surface area contributed by atoms with E-state index < -0.39 is 0 Å². The molecule has 1 rings (SSSR count). The van der Waals surface area contributed by atoms with E-state index in [0.29, 0.717) is 11.3 Å². The lowest BCUT2D eigenvalue weighted by atomic mass is 9.78. The number of amides is 1. The summed E-state index contributed by atoms with van der Waals surface area (Å²) in [5.74, 6) is 0.507. The third kappa shape index (κ3) is 5.13. The summed E-state index contributed by atoms with van der Waals surface area (Å²) in [4.78, 5) is 14.4. The molecule has 1 aliphatic rings. The number of hydrogen-bond donors (Lipinski definition) is 1. The number of carbonyl (C=O) groups is 1. The fraction of sp³-hybridized carbons (Fsp3) is 0.938. The maximum atomic E-state index is 12.4. The van der Waals surface area contributed by atoms with Crippen molar-refractivity contribution in [3.63, 3.8) is 0 Å². The van der Waals surface area contributed by atoms with Crippen molar-refractivity contribution in [3.8, 4) is 0 Å². The summed E-state index contributed by atoms with van der Waals surface area (Å²) in [6.45, 7) is 10.6. The van der Waals surface area contributed by atoms with Gasteiger partial charge in [0.1, 0.15) is 0 Å². The fourth-order valence-electron chi connectivity index (χ4n) is 2.80. The average Bonchev–Trinajstić information content (AvgIpc) is 2.38. The predicted molar refractivity (Wildman–Crippen MR) is 80.9 cm³/mol. The van der Waals surface area contributed by atoms with Crippen LogP contribution < -0.4 is 5.73 Å². The zero-order valence-electron chi connectivity index (χ0n) is 13.2. The molecule has 0 aromatic heterocycles. The second kappa shape index (κ2) is 7.28. The smallest absolute Gasteiger partial charge is 0.225 e. The molecule has 1 saturated heterocycles. The molecule has 2 atom stereocenters. The van der Waals surface area contributed by atoms with Crippen LogP contribution in [0.25, 0.3) is 0 Å². The van der Waals surface area contributed by atoms with Gasteiger partial charge in [-0.15, -0.1) is 0 Å². The molecule has 19 heavy (non-hydrogen) atoms. The van der Waals surface area contributed by atoms with Crippen LogP contribution in [0.1, 0.15) is 66.2 Å². The number of piperidine rings is 1. The van der Waals surface area contributed by atoms with E-state index in [1.165, 1.54) is 6.42 Å². The predicted octanol–water partition coefficient (Wildman–Crippen LogP) is 3.18. The highest BCUT2D eigenvalue weighted by molar-refractivity contribution is 5.78. The van der Waals surface area contributed by atoms with Crippen LogP contribution >= 0.6 is 0 Å². The van der Waals surface area contributed by atoms with Gasteiger partial charge >= 0.3 is 0 Å². The Morgan fingerprint density at radius 3 is 2.32 bits per heavy atom. The molecule has 112 valence electrons. The fourth-order valence-corrected chi connectivity index (χ4v) is 2.80. The molecule has 0 aliphatic carbocycles. The molecule has 1 fully saturated rings. The molecule has 2 unspecified atom stereocenters. The topological polar surface area (TPSA) is 46.3 Å². The Hall–Kier alpha value is -0.570. The maximum absolute atomic E-state index is 12.4. The van der Waals surface area contributed by atoms with Gasteiger partial charge in [-0.1, -0.05) is 33.6 Å². The van der Waals surface area contributed by atoms with E-state index in [-0.39, 0.29) is 12.0 Å². The second-order valence-electron chi connectivity index (χ2n) is 6.80. The van der Waals surface area contributed by atoms with Crippen molar-refractivity contribution in [1.29, 1.82) is 0 Å². The van der Waals surface area contributed by atoms with Gasteiger partial charge in [0.05, 0.1) is 0 Å².